The van der Waals surface area contributed by atoms with E-state index in [0.717, 1.165) is 49.0 Å². The predicted octanol–water partition coefficient (Wildman–Crippen LogP) is 4.87. The van der Waals surface area contributed by atoms with Gasteiger partial charge in [0.1, 0.15) is 0 Å². The molecule has 2 N–H and O–H groups in total. The van der Waals surface area contributed by atoms with Crippen LogP contribution in [-0.4, -0.2) is 50.4 Å². The van der Waals surface area contributed by atoms with E-state index in [0.29, 0.717) is 23.9 Å². The molecule has 0 unspecified atom stereocenters. The number of aromatic nitrogens is 2. The molecule has 1 aliphatic rings. The summed E-state index contributed by atoms with van der Waals surface area (Å²) in [6, 6.07) is 13.8. The molecule has 0 atom stereocenters. The van der Waals surface area contributed by atoms with Crippen LogP contribution in [0.2, 0.25) is 0 Å². The maximum Gasteiger partial charge on any atom is 0.269 e. The van der Waals surface area contributed by atoms with Gasteiger partial charge in [0.15, 0.2) is 5.11 Å². The molecule has 0 saturated carbocycles. The number of likely N-dealkylation sites (tertiary alicyclic amines) is 1. The van der Waals surface area contributed by atoms with E-state index >= 15 is 0 Å². The van der Waals surface area contributed by atoms with Crippen molar-refractivity contribution in [2.45, 2.75) is 39.2 Å². The summed E-state index contributed by atoms with van der Waals surface area (Å²) >= 11 is 5.56. The number of H-pyrrole nitrogens is 1. The van der Waals surface area contributed by atoms with Crippen LogP contribution in [0.3, 0.4) is 0 Å². The third-order valence-electron chi connectivity index (χ3n) is 6.57. The van der Waals surface area contributed by atoms with Crippen molar-refractivity contribution in [2.75, 3.05) is 24.5 Å². The molecule has 3 aromatic rings. The Morgan fingerprint density at radius 1 is 1.19 bits per heavy atom. The Morgan fingerprint density at radius 3 is 2.43 bits per heavy atom. The van der Waals surface area contributed by atoms with E-state index in [2.05, 4.69) is 46.2 Å². The molecule has 0 bridgehead atoms. The van der Waals surface area contributed by atoms with Gasteiger partial charge in [-0.15, -0.1) is 0 Å². The molecule has 37 heavy (non-hydrogen) atoms. The largest absolute Gasteiger partial charge is 0.362 e. The second kappa shape index (κ2) is 12.0. The van der Waals surface area contributed by atoms with Crippen LogP contribution in [0, 0.1) is 16.0 Å². The summed E-state index contributed by atoms with van der Waals surface area (Å²) in [7, 11) is 0. The number of thiocarbonyl (C=S) groups is 1. The van der Waals surface area contributed by atoms with Crippen molar-refractivity contribution in [1.82, 2.24) is 20.2 Å². The highest BCUT2D eigenvalue weighted by atomic mass is 32.1. The number of rotatable bonds is 8. The van der Waals surface area contributed by atoms with Gasteiger partial charge in [0, 0.05) is 49.2 Å². The van der Waals surface area contributed by atoms with Gasteiger partial charge >= 0.3 is 0 Å². The lowest BCUT2D eigenvalue weighted by molar-refractivity contribution is -0.384. The number of amides is 1. The molecule has 1 aromatic heterocycles. The Kier molecular flexibility index (Phi) is 8.50. The number of carbonyl (C=O) groups is 1. The van der Waals surface area contributed by atoms with Crippen LogP contribution in [0.25, 0.3) is 0 Å². The molecular weight excluding hydrogens is 488 g/mol. The summed E-state index contributed by atoms with van der Waals surface area (Å²) in [6.07, 6.45) is 5.28. The number of nitro benzene ring substituents is 1. The first-order valence-corrected chi connectivity index (χ1v) is 12.9. The molecule has 10 heteroatoms. The van der Waals surface area contributed by atoms with Crippen molar-refractivity contribution >= 4 is 34.6 Å². The third-order valence-corrected chi connectivity index (χ3v) is 6.98. The van der Waals surface area contributed by atoms with Crippen LogP contribution < -0.4 is 10.2 Å². The zero-order valence-electron chi connectivity index (χ0n) is 21.1. The molecule has 194 valence electrons. The highest BCUT2D eigenvalue weighted by molar-refractivity contribution is 7.80. The lowest BCUT2D eigenvalue weighted by Crippen LogP contribution is -2.44. The Morgan fingerprint density at radius 2 is 1.86 bits per heavy atom. The van der Waals surface area contributed by atoms with E-state index in [-0.39, 0.29) is 11.6 Å². The van der Waals surface area contributed by atoms with E-state index in [1.807, 2.05) is 12.1 Å². The van der Waals surface area contributed by atoms with Gasteiger partial charge in [0.2, 0.25) is 0 Å². The van der Waals surface area contributed by atoms with Crippen molar-refractivity contribution in [3.05, 3.63) is 88.0 Å². The smallest absolute Gasteiger partial charge is 0.269 e. The average molecular weight is 521 g/mol. The van der Waals surface area contributed by atoms with E-state index in [9.17, 15) is 14.9 Å². The monoisotopic (exact) mass is 520 g/mol. The van der Waals surface area contributed by atoms with Gasteiger partial charge in [-0.05, 0) is 66.7 Å². The van der Waals surface area contributed by atoms with Crippen molar-refractivity contribution in [3.8, 4) is 0 Å². The van der Waals surface area contributed by atoms with Gasteiger partial charge in [-0.3, -0.25) is 14.9 Å². The van der Waals surface area contributed by atoms with Crippen molar-refractivity contribution < 1.29 is 9.72 Å². The van der Waals surface area contributed by atoms with E-state index in [1.54, 1.807) is 17.4 Å². The van der Waals surface area contributed by atoms with Crippen LogP contribution in [0.15, 0.2) is 61.1 Å². The number of anilines is 1. The third kappa shape index (κ3) is 6.71. The number of carbonyl (C=O) groups excluding carboxylic acids is 1. The maximum absolute atomic E-state index is 13.4. The summed E-state index contributed by atoms with van der Waals surface area (Å²) in [5.74, 6) is 0.742. The summed E-state index contributed by atoms with van der Waals surface area (Å²) in [4.78, 5) is 35.0. The summed E-state index contributed by atoms with van der Waals surface area (Å²) < 4.78 is 0. The minimum absolute atomic E-state index is 0.0523. The number of imidazole rings is 1. The van der Waals surface area contributed by atoms with E-state index in [1.165, 1.54) is 29.8 Å². The fourth-order valence-corrected chi connectivity index (χ4v) is 4.71. The lowest BCUT2D eigenvalue weighted by atomic mass is 9.89. The number of non-ortho nitro benzene ring substituents is 1. The minimum Gasteiger partial charge on any atom is -0.362 e. The van der Waals surface area contributed by atoms with E-state index in [4.69, 9.17) is 12.2 Å². The van der Waals surface area contributed by atoms with Crippen LogP contribution >= 0.6 is 12.2 Å². The molecule has 1 aliphatic heterocycles. The number of aromatic amines is 1. The minimum atomic E-state index is -0.477. The first-order chi connectivity index (χ1) is 17.8. The second-order valence-corrected chi connectivity index (χ2v) is 10.1. The van der Waals surface area contributed by atoms with Crippen LogP contribution in [0.5, 0.6) is 0 Å². The highest BCUT2D eigenvalue weighted by Crippen LogP contribution is 2.30. The first kappa shape index (κ1) is 26.3. The number of hydrogen-bond acceptors (Lipinski definition) is 5. The molecule has 1 amide bonds. The van der Waals surface area contributed by atoms with Gasteiger partial charge < -0.3 is 20.1 Å². The zero-order chi connectivity index (χ0) is 26.4. The maximum atomic E-state index is 13.4. The fraction of sp³-hybridized carbons (Fsp3) is 0.370. The Bertz CT molecular complexity index is 1200. The number of piperidine rings is 1. The number of nitrogens with zero attached hydrogens (tertiary/aromatic N) is 4. The van der Waals surface area contributed by atoms with Gasteiger partial charge in [0.05, 0.1) is 23.5 Å². The molecule has 0 spiro atoms. The molecule has 1 fully saturated rings. The molecule has 9 nitrogen and oxygen atoms in total. The van der Waals surface area contributed by atoms with Crippen LogP contribution in [0.4, 0.5) is 11.4 Å². The molecule has 4 rings (SSSR count). The van der Waals surface area contributed by atoms with E-state index < -0.39 is 4.92 Å². The normalized spacial score (nSPS) is 14.0. The lowest BCUT2D eigenvalue weighted by Gasteiger charge is -2.34. The summed E-state index contributed by atoms with van der Waals surface area (Å²) in [5, 5.41) is 15.2. The number of nitro groups is 1. The quantitative estimate of drug-likeness (QED) is 0.248. The van der Waals surface area contributed by atoms with Gasteiger partial charge in [0.25, 0.3) is 11.6 Å². The average Bonchev–Trinajstić information content (AvgIpc) is 3.44. The van der Waals surface area contributed by atoms with Crippen LogP contribution in [-0.2, 0) is 6.54 Å². The highest BCUT2D eigenvalue weighted by Gasteiger charge is 2.24. The Hall–Kier alpha value is -3.79. The zero-order valence-corrected chi connectivity index (χ0v) is 21.9. The topological polar surface area (TPSA) is 107 Å². The molecule has 2 aromatic carbocycles. The summed E-state index contributed by atoms with van der Waals surface area (Å²) in [6.45, 7) is 7.35. The fourth-order valence-electron chi connectivity index (χ4n) is 4.45. The standard InChI is InChI=1S/C27H32N6O3S/c1-19(2)15-29-27(37)31-13-11-21(12-14-31)20-3-7-24(8-4-20)32(17-23-16-28-18-30-23)26(34)22-5-9-25(10-6-22)33(35)36/h3-10,16,18-19,21H,11-15,17H2,1-2H3,(H,28,30)(H,29,37). The second-order valence-electron chi connectivity index (χ2n) is 9.70. The molecular formula is C27H32N6O3S. The molecule has 0 radical (unpaired) electrons. The Labute approximate surface area is 222 Å². The Balaban J connectivity index is 1.46. The predicted molar refractivity (Wildman–Crippen MR) is 148 cm³/mol. The van der Waals surface area contributed by atoms with Crippen molar-refractivity contribution in [2.24, 2.45) is 5.92 Å². The SMILES string of the molecule is CC(C)CNC(=S)N1CCC(c2ccc(N(Cc3cnc[nH]3)C(=O)c3ccc([N+](=O)[O-])cc3)cc2)CC1. The number of nitrogens with one attached hydrogen (secondary N) is 2. The van der Waals surface area contributed by atoms with Crippen molar-refractivity contribution in [3.63, 3.8) is 0 Å². The molecule has 0 aliphatic carbocycles. The number of hydrogen-bond donors (Lipinski definition) is 2. The van der Waals surface area contributed by atoms with Gasteiger partial charge in [-0.2, -0.15) is 0 Å². The first-order valence-electron chi connectivity index (χ1n) is 12.5. The summed E-state index contributed by atoms with van der Waals surface area (Å²) in [5.41, 5.74) is 3.10. The molecule has 1 saturated heterocycles. The van der Waals surface area contributed by atoms with Gasteiger partial charge in [-0.25, -0.2) is 4.98 Å². The van der Waals surface area contributed by atoms with Crippen LogP contribution in [0.1, 0.15) is 54.2 Å². The molecule has 2 heterocycles. The van der Waals surface area contributed by atoms with Crippen molar-refractivity contribution in [1.29, 1.82) is 0 Å². The number of benzene rings is 2. The van der Waals surface area contributed by atoms with Gasteiger partial charge in [-0.1, -0.05) is 26.0 Å².